The first kappa shape index (κ1) is 17.7. The number of hydrogen-bond acceptors (Lipinski definition) is 5. The van der Waals surface area contributed by atoms with E-state index in [4.69, 9.17) is 11.6 Å². The molecular formula is C19H21ClN6O. The largest absolute Gasteiger partial charge is 0.368 e. The summed E-state index contributed by atoms with van der Waals surface area (Å²) in [6.07, 6.45) is 7.52. The van der Waals surface area contributed by atoms with Gasteiger partial charge in [0, 0.05) is 38.4 Å². The molecular weight excluding hydrogens is 364 g/mol. The Morgan fingerprint density at radius 3 is 2.85 bits per heavy atom. The van der Waals surface area contributed by atoms with Crippen molar-refractivity contribution >= 4 is 29.0 Å². The van der Waals surface area contributed by atoms with E-state index in [1.807, 2.05) is 33.7 Å². The van der Waals surface area contributed by atoms with Gasteiger partial charge in [-0.3, -0.25) is 9.20 Å². The van der Waals surface area contributed by atoms with Crippen LogP contribution in [0.15, 0.2) is 36.7 Å². The summed E-state index contributed by atoms with van der Waals surface area (Å²) in [5.74, 6) is 1.44. The van der Waals surface area contributed by atoms with E-state index in [9.17, 15) is 4.79 Å². The lowest BCUT2D eigenvalue weighted by atomic mass is 10.1. The highest BCUT2D eigenvalue weighted by molar-refractivity contribution is 6.33. The zero-order chi connectivity index (χ0) is 18.6. The number of carbonyl (C=O) groups is 1. The molecule has 0 bridgehead atoms. The molecule has 8 heteroatoms. The molecule has 1 amide bonds. The van der Waals surface area contributed by atoms with Crippen molar-refractivity contribution in [1.82, 2.24) is 24.5 Å². The molecule has 1 aliphatic rings. The van der Waals surface area contributed by atoms with Crippen LogP contribution in [0.1, 0.15) is 35.4 Å². The smallest absolute Gasteiger partial charge is 0.255 e. The molecule has 1 saturated heterocycles. The van der Waals surface area contributed by atoms with Gasteiger partial charge in [0.1, 0.15) is 11.6 Å². The molecule has 3 aromatic rings. The van der Waals surface area contributed by atoms with Crippen molar-refractivity contribution in [3.05, 3.63) is 53.1 Å². The maximum absolute atomic E-state index is 12.5. The van der Waals surface area contributed by atoms with E-state index in [-0.39, 0.29) is 5.91 Å². The first-order chi connectivity index (χ1) is 13.2. The van der Waals surface area contributed by atoms with E-state index in [1.54, 1.807) is 12.3 Å². The van der Waals surface area contributed by atoms with Crippen molar-refractivity contribution in [1.29, 1.82) is 0 Å². The van der Waals surface area contributed by atoms with E-state index < -0.39 is 0 Å². The van der Waals surface area contributed by atoms with Crippen LogP contribution in [-0.4, -0.2) is 50.0 Å². The molecule has 27 heavy (non-hydrogen) atoms. The zero-order valence-corrected chi connectivity index (χ0v) is 15.7. The minimum absolute atomic E-state index is 0.00517. The lowest BCUT2D eigenvalue weighted by molar-refractivity contribution is 0.0724. The van der Waals surface area contributed by atoms with Gasteiger partial charge in [-0.05, 0) is 37.5 Å². The van der Waals surface area contributed by atoms with Gasteiger partial charge >= 0.3 is 0 Å². The quantitative estimate of drug-likeness (QED) is 0.731. The van der Waals surface area contributed by atoms with E-state index in [0.29, 0.717) is 29.4 Å². The van der Waals surface area contributed by atoms with Gasteiger partial charge in [0.15, 0.2) is 5.65 Å². The van der Waals surface area contributed by atoms with Crippen molar-refractivity contribution in [3.8, 4) is 0 Å². The van der Waals surface area contributed by atoms with Gasteiger partial charge in [-0.15, -0.1) is 10.2 Å². The lowest BCUT2D eigenvalue weighted by Gasteiger charge is -2.26. The number of anilines is 1. The average molecular weight is 385 g/mol. The third-order valence-electron chi connectivity index (χ3n) is 4.76. The summed E-state index contributed by atoms with van der Waals surface area (Å²) in [6, 6.07) is 7.49. The molecule has 0 atom stereocenters. The molecule has 1 aliphatic heterocycles. The number of piperidine rings is 1. The fraction of sp³-hybridized carbons (Fsp3) is 0.368. The third kappa shape index (κ3) is 3.88. The Balaban J connectivity index is 1.38. The SMILES string of the molecule is O=C(c1cnc(NCCc2nnc3ccccn23)c(Cl)c1)N1CCCCC1. The van der Waals surface area contributed by atoms with Gasteiger partial charge in [0.05, 0.1) is 10.6 Å². The van der Waals surface area contributed by atoms with Crippen molar-refractivity contribution in [3.63, 3.8) is 0 Å². The highest BCUT2D eigenvalue weighted by atomic mass is 35.5. The number of hydrogen-bond donors (Lipinski definition) is 1. The van der Waals surface area contributed by atoms with E-state index in [1.165, 1.54) is 6.42 Å². The predicted molar refractivity (Wildman–Crippen MR) is 104 cm³/mol. The van der Waals surface area contributed by atoms with Gasteiger partial charge in [-0.2, -0.15) is 0 Å². The van der Waals surface area contributed by atoms with Crippen LogP contribution in [0.2, 0.25) is 5.02 Å². The Hall–Kier alpha value is -2.67. The number of halogens is 1. The summed E-state index contributed by atoms with van der Waals surface area (Å²) in [6.45, 7) is 2.23. The van der Waals surface area contributed by atoms with Crippen LogP contribution < -0.4 is 5.32 Å². The van der Waals surface area contributed by atoms with Gasteiger partial charge < -0.3 is 10.2 Å². The molecule has 3 aromatic heterocycles. The number of pyridine rings is 2. The van der Waals surface area contributed by atoms with Crippen molar-refractivity contribution in [2.45, 2.75) is 25.7 Å². The Morgan fingerprint density at radius 1 is 1.19 bits per heavy atom. The molecule has 0 spiro atoms. The molecule has 0 radical (unpaired) electrons. The van der Waals surface area contributed by atoms with Crippen molar-refractivity contribution < 1.29 is 4.79 Å². The monoisotopic (exact) mass is 384 g/mol. The molecule has 7 nitrogen and oxygen atoms in total. The van der Waals surface area contributed by atoms with Gasteiger partial charge in [0.25, 0.3) is 5.91 Å². The van der Waals surface area contributed by atoms with Crippen LogP contribution in [0.3, 0.4) is 0 Å². The molecule has 0 saturated carbocycles. The second-order valence-electron chi connectivity index (χ2n) is 6.63. The maximum atomic E-state index is 12.5. The van der Waals surface area contributed by atoms with Crippen LogP contribution in [0.5, 0.6) is 0 Å². The second-order valence-corrected chi connectivity index (χ2v) is 7.04. The molecule has 4 rings (SSSR count). The van der Waals surface area contributed by atoms with Gasteiger partial charge in [0.2, 0.25) is 0 Å². The maximum Gasteiger partial charge on any atom is 0.255 e. The fourth-order valence-electron chi connectivity index (χ4n) is 3.32. The van der Waals surface area contributed by atoms with Crippen LogP contribution in [0.25, 0.3) is 5.65 Å². The molecule has 4 heterocycles. The molecule has 0 aromatic carbocycles. The van der Waals surface area contributed by atoms with Gasteiger partial charge in [-0.1, -0.05) is 17.7 Å². The number of amides is 1. The summed E-state index contributed by atoms with van der Waals surface area (Å²) < 4.78 is 1.96. The normalized spacial score (nSPS) is 14.5. The highest BCUT2D eigenvalue weighted by Crippen LogP contribution is 2.22. The third-order valence-corrected chi connectivity index (χ3v) is 5.04. The summed E-state index contributed by atoms with van der Waals surface area (Å²) in [4.78, 5) is 18.8. The van der Waals surface area contributed by atoms with E-state index >= 15 is 0 Å². The number of nitrogens with one attached hydrogen (secondary N) is 1. The molecule has 1 fully saturated rings. The highest BCUT2D eigenvalue weighted by Gasteiger charge is 2.19. The number of fused-ring (bicyclic) bond motifs is 1. The summed E-state index contributed by atoms with van der Waals surface area (Å²) >= 11 is 6.34. The Labute approximate surface area is 162 Å². The molecule has 1 N–H and O–H groups in total. The van der Waals surface area contributed by atoms with Crippen LogP contribution in [-0.2, 0) is 6.42 Å². The Kier molecular flexibility index (Phi) is 5.20. The minimum atomic E-state index is 0.00517. The standard InChI is InChI=1S/C19H21ClN6O/c20-15-12-14(19(27)25-9-3-1-4-10-25)13-22-18(15)21-8-7-17-24-23-16-6-2-5-11-26(16)17/h2,5-6,11-13H,1,3-4,7-10H2,(H,21,22). The van der Waals surface area contributed by atoms with Crippen LogP contribution >= 0.6 is 11.6 Å². The van der Waals surface area contributed by atoms with Crippen molar-refractivity contribution in [2.24, 2.45) is 0 Å². The number of carbonyl (C=O) groups excluding carboxylic acids is 1. The number of likely N-dealkylation sites (tertiary alicyclic amines) is 1. The lowest BCUT2D eigenvalue weighted by Crippen LogP contribution is -2.35. The molecule has 140 valence electrons. The topological polar surface area (TPSA) is 75.4 Å². The molecule has 0 unspecified atom stereocenters. The van der Waals surface area contributed by atoms with Crippen LogP contribution in [0.4, 0.5) is 5.82 Å². The summed E-state index contributed by atoms with van der Waals surface area (Å²) in [5, 5.41) is 12.0. The van der Waals surface area contributed by atoms with E-state index in [2.05, 4.69) is 20.5 Å². The number of aromatic nitrogens is 4. The van der Waals surface area contributed by atoms with Gasteiger partial charge in [-0.25, -0.2) is 4.98 Å². The number of nitrogens with zero attached hydrogens (tertiary/aromatic N) is 5. The Morgan fingerprint density at radius 2 is 2.04 bits per heavy atom. The van der Waals surface area contributed by atoms with E-state index in [0.717, 1.165) is 37.4 Å². The van der Waals surface area contributed by atoms with Crippen molar-refractivity contribution in [2.75, 3.05) is 25.0 Å². The summed E-state index contributed by atoms with van der Waals surface area (Å²) in [5.41, 5.74) is 1.36. The number of rotatable bonds is 5. The molecule has 0 aliphatic carbocycles. The Bertz CT molecular complexity index is 950. The summed E-state index contributed by atoms with van der Waals surface area (Å²) in [7, 11) is 0. The zero-order valence-electron chi connectivity index (χ0n) is 14.9. The minimum Gasteiger partial charge on any atom is -0.368 e. The average Bonchev–Trinajstić information content (AvgIpc) is 3.12. The first-order valence-electron chi connectivity index (χ1n) is 9.20. The van der Waals surface area contributed by atoms with Crippen LogP contribution in [0, 0.1) is 0 Å². The first-order valence-corrected chi connectivity index (χ1v) is 9.57. The fourth-order valence-corrected chi connectivity index (χ4v) is 3.55. The second kappa shape index (κ2) is 7.92. The predicted octanol–water partition coefficient (Wildman–Crippen LogP) is 3.06.